The van der Waals surface area contributed by atoms with Gasteiger partial charge < -0.3 is 48.1 Å². The minimum absolute atomic E-state index is 0. The second-order valence-corrected chi connectivity index (χ2v) is 33.6. The molecule has 0 aliphatic carbocycles. The second-order valence-electron chi connectivity index (χ2n) is 21.6. The number of imide groups is 1. The summed E-state index contributed by atoms with van der Waals surface area (Å²) >= 11 is 35.9. The summed E-state index contributed by atoms with van der Waals surface area (Å²) in [5.41, 5.74) is 9.95. The Morgan fingerprint density at radius 1 is 0.568 bits per heavy atom. The fraction of sp³-hybridized carbons (Fsp3) is 0.133. The SMILES string of the molecule is C.CCOC(=O)c1ccc(F)c2cncn12.Cc1nc(Br)ccc1F.Fc1ccc(Br)n2cncc12.Fc1ccc(Br)nc1CBr.N.NCc1nc(Br)ccc1F.NN.O.O=C1c2ccccc2C(=O)N1Cc1nc(Br)ccc1F.O=CCCc1nc(Br)ccc1F.O=CO.O=P(Cl)(Cl)Cl.O=[C-]c1ccccc1[C-]=O.OCc1ccc(F)c2cncn12.[B].[H-].[K+].[Na+]. The Balaban J connectivity index is -0.000000431. The standard InChI is InChI=1S/C14H8BrFN2O2.C10H9FN2O2.C8H7BrFNO.C8H7FN2O.C8H4O2.C7H4BrFN2.C6H4Br2FN.C6H6BrFN2.C6H5BrFN.CH2O2.CH4.B.Cl3OP.K.H4N2.H3N.Na.H2O.H/c15-12-6-5-10(16)11(17-12)7-18-13(19)8-3-1-2-4-9(8)14(18)20;1-2-15-10(14)8-4-3-7(11)9-5-12-6-13(8)9;9-8-4-3-6(10)7(11-8)2-1-5-12;9-7-2-1-6(4-12)11-5-10-3-8(7)11;9-5-7-3-1-2-4-8(7)6-10;8-7-2-1-5(9)6-3-10-4-11(6)7;7-3-5-4(9)1-2-6(8)10-5;7-6-2-1-4(8)5(3-9)10-6;1-4-5(8)2-3-6(7)9-4;2-1-3;;;1-5(2,3)4;;1-2;;;;/h1-6H,7H2;3-6H,2H2,1H3;3-5H,1-2H2;1-3,5,12H,4H2;1-4H;1-4H;1-2H,3H2;1-2H,3,9H2;2-3H,1H3;1H,(H,2,3);1H4;;;;1-2H2;1H3;;1H2;/q;;;;-2;;;;;;;;;+1;;;+1;;-1. The zero-order valence-electron chi connectivity index (χ0n) is 65.6. The summed E-state index contributed by atoms with van der Waals surface area (Å²) in [5.74, 6) is 3.85. The zero-order valence-corrected chi connectivity index (χ0v) is 84.0. The number of carboxylic acid groups (broad SMARTS) is 1. The van der Waals surface area contributed by atoms with Crippen molar-refractivity contribution in [2.75, 3.05) is 6.61 Å². The number of pyridine rings is 8. The minimum Gasteiger partial charge on any atom is -1.00 e. The molecule has 1 aliphatic heterocycles. The number of aryl methyl sites for hydroxylation is 2. The van der Waals surface area contributed by atoms with E-state index in [9.17, 15) is 68.5 Å². The smallest absolute Gasteiger partial charge is 1.00 e. The van der Waals surface area contributed by atoms with E-state index >= 15 is 0 Å². The van der Waals surface area contributed by atoms with Gasteiger partial charge in [-0.2, -0.15) is 0 Å². The number of fused-ring (bicyclic) bond motifs is 4. The summed E-state index contributed by atoms with van der Waals surface area (Å²) in [5, 5.41) is 13.0. The number of alkyl halides is 1. The summed E-state index contributed by atoms with van der Waals surface area (Å²) in [6, 6.07) is 35.8. The van der Waals surface area contributed by atoms with Gasteiger partial charge in [-0.05, 0) is 271 Å². The molecule has 12 heterocycles. The molecule has 2 aromatic carbocycles. The first-order valence-electron chi connectivity index (χ1n) is 32.5. The molecule has 0 spiro atoms. The number of hydrazine groups is 1. The number of halogens is 18. The molecule has 3 radical (unpaired) electrons. The fourth-order valence-corrected chi connectivity index (χ4v) is 11.3. The van der Waals surface area contributed by atoms with Gasteiger partial charge in [-0.1, -0.05) is 35.5 Å². The number of imidazole rings is 3. The Morgan fingerprint density at radius 2 is 0.920 bits per heavy atom. The number of nitrogens with two attached hydrogens (primary N) is 3. The average Bonchev–Trinajstić information content (AvgIpc) is 1.63. The maximum atomic E-state index is 13.7. The molecule has 11 aromatic heterocycles. The maximum Gasteiger partial charge on any atom is 1.00 e. The van der Waals surface area contributed by atoms with Crippen molar-refractivity contribution in [2.45, 2.75) is 59.1 Å². The van der Waals surface area contributed by atoms with Crippen molar-refractivity contribution in [3.05, 3.63) is 319 Å². The monoisotopic (exact) mass is 2300 g/mol. The van der Waals surface area contributed by atoms with E-state index in [1.165, 1.54) is 131 Å². The number of rotatable bonds is 12. The van der Waals surface area contributed by atoms with Gasteiger partial charge in [0.1, 0.15) is 104 Å². The van der Waals surface area contributed by atoms with Gasteiger partial charge in [-0.25, -0.2) is 91.9 Å². The van der Waals surface area contributed by atoms with Gasteiger partial charge >= 0.3 is 92.1 Å². The number of nitrogens with zero attached hydrogens (tertiary/aromatic N) is 12. The predicted molar refractivity (Wildman–Crippen MR) is 475 cm³/mol. The summed E-state index contributed by atoms with van der Waals surface area (Å²) in [4.78, 5) is 106. The van der Waals surface area contributed by atoms with E-state index in [1.54, 1.807) is 91.7 Å². The van der Waals surface area contributed by atoms with E-state index in [0.717, 1.165) is 15.8 Å². The first-order valence-corrected chi connectivity index (χ1v) is 42.8. The number of carbonyl (C=O) groups is 5. The molecule has 2 amide bonds. The summed E-state index contributed by atoms with van der Waals surface area (Å²) in [7, 11) is 0. The number of ether oxygens (including phenoxy) is 1. The number of aliphatic hydroxyl groups excluding tert-OH is 1. The normalized spacial score (nSPS) is 10.0. The predicted octanol–water partition coefficient (Wildman–Crippen LogP) is 12.0. The van der Waals surface area contributed by atoms with E-state index in [4.69, 9.17) is 25.5 Å². The third-order valence-electron chi connectivity index (χ3n) is 13.9. The molecule has 659 valence electrons. The van der Waals surface area contributed by atoms with Crippen molar-refractivity contribution < 1.29 is 176 Å². The maximum absolute atomic E-state index is 13.7. The Hall–Kier alpha value is -6.29. The molecular formula is C75H70BBr7Cl3F8KN16NaO12P-. The van der Waals surface area contributed by atoms with Crippen LogP contribution in [0.3, 0.4) is 0 Å². The molecule has 13 N–H and O–H groups in total. The number of hydrogen-bond donors (Lipinski definition) is 6. The van der Waals surface area contributed by atoms with Crippen LogP contribution in [-0.4, -0.2) is 132 Å². The summed E-state index contributed by atoms with van der Waals surface area (Å²) in [6.07, 6.45) is 13.4. The largest absolute Gasteiger partial charge is 1.00 e. The van der Waals surface area contributed by atoms with Crippen molar-refractivity contribution in [3.63, 3.8) is 0 Å². The van der Waals surface area contributed by atoms with Crippen molar-refractivity contribution in [1.82, 2.24) is 64.1 Å². The summed E-state index contributed by atoms with van der Waals surface area (Å²) < 4.78 is 126. The van der Waals surface area contributed by atoms with Gasteiger partial charge in [0.05, 0.1) is 95.2 Å². The molecular weight excluding hydrogens is 2240 g/mol. The summed E-state index contributed by atoms with van der Waals surface area (Å²) in [6.45, 7) is 3.20. The van der Waals surface area contributed by atoms with Crippen LogP contribution in [0.4, 0.5) is 35.1 Å². The third kappa shape index (κ3) is 43.3. The number of amides is 2. The fourth-order valence-electron chi connectivity index (χ4n) is 8.72. The van der Waals surface area contributed by atoms with Crippen LogP contribution < -0.4 is 105 Å². The first-order chi connectivity index (χ1) is 56.6. The molecule has 28 nitrogen and oxygen atoms in total. The van der Waals surface area contributed by atoms with Crippen molar-refractivity contribution in [2.24, 2.45) is 17.4 Å². The molecule has 14 rings (SSSR count). The van der Waals surface area contributed by atoms with E-state index in [0.29, 0.717) is 86.1 Å². The van der Waals surface area contributed by atoms with Crippen LogP contribution in [0.15, 0.2) is 211 Å². The molecule has 13 aromatic rings. The van der Waals surface area contributed by atoms with E-state index in [1.807, 2.05) is 0 Å². The Morgan fingerprint density at radius 3 is 1.31 bits per heavy atom. The van der Waals surface area contributed by atoms with Gasteiger partial charge in [0, 0.05) is 32.4 Å². The van der Waals surface area contributed by atoms with Gasteiger partial charge in [-0.15, -0.1) is 12.1 Å². The number of aliphatic hydroxyl groups is 1. The quantitative estimate of drug-likeness (QED) is 0.00565. The van der Waals surface area contributed by atoms with Crippen LogP contribution in [0.1, 0.15) is 98.7 Å². The molecule has 1 aliphatic rings. The second kappa shape index (κ2) is 67.0. The van der Waals surface area contributed by atoms with Crippen LogP contribution in [0.2, 0.25) is 0 Å². The van der Waals surface area contributed by atoms with Gasteiger partial charge in [0.25, 0.3) is 18.3 Å². The molecule has 0 saturated heterocycles. The van der Waals surface area contributed by atoms with Crippen LogP contribution in [0, 0.1) is 53.5 Å². The Bertz CT molecular complexity index is 5470. The first kappa shape index (κ1) is 125. The molecule has 125 heavy (non-hydrogen) atoms. The van der Waals surface area contributed by atoms with Crippen molar-refractivity contribution >= 4 is 219 Å². The van der Waals surface area contributed by atoms with Crippen LogP contribution in [0.25, 0.3) is 16.6 Å². The number of carbonyl (C=O) groups excluding carboxylic acids is 6. The van der Waals surface area contributed by atoms with Crippen molar-refractivity contribution in [1.29, 1.82) is 0 Å². The van der Waals surface area contributed by atoms with E-state index in [-0.39, 0.29) is 211 Å². The number of hydrogen-bond acceptors (Lipinski definition) is 22. The average molecular weight is 2310 g/mol. The van der Waals surface area contributed by atoms with Crippen LogP contribution >= 0.6 is 150 Å². The Kier molecular flexibility index (Phi) is 67.0. The molecule has 50 heteroatoms. The van der Waals surface area contributed by atoms with E-state index in [2.05, 4.69) is 197 Å². The Labute approximate surface area is 851 Å². The van der Waals surface area contributed by atoms with Gasteiger partial charge in [0.15, 0.2) is 0 Å². The molecule has 0 unspecified atom stereocenters. The topological polar surface area (TPSA) is 450 Å². The van der Waals surface area contributed by atoms with Gasteiger partial charge in [0.2, 0.25) is 0 Å². The molecule has 0 saturated carbocycles. The number of esters is 1. The van der Waals surface area contributed by atoms with Crippen LogP contribution in [0.5, 0.6) is 0 Å². The molecule has 0 atom stereocenters. The zero-order chi connectivity index (χ0) is 89.1. The number of aromatic nitrogens is 11. The van der Waals surface area contributed by atoms with Crippen molar-refractivity contribution in [3.8, 4) is 0 Å². The van der Waals surface area contributed by atoms with Gasteiger partial charge in [-0.3, -0.25) is 59.9 Å². The number of aldehydes is 1. The van der Waals surface area contributed by atoms with E-state index < -0.39 is 34.6 Å². The minimum atomic E-state index is -3.22. The van der Waals surface area contributed by atoms with Crippen LogP contribution in [-0.2, 0) is 59.9 Å². The molecule has 0 bridgehead atoms. The number of benzene rings is 2. The molecule has 0 fully saturated rings. The third-order valence-corrected chi connectivity index (χ3v) is 17.3.